The molecule has 0 aliphatic rings. The van der Waals surface area contributed by atoms with E-state index in [2.05, 4.69) is 5.10 Å². The smallest absolute Gasteiger partial charge is 0.123 e. The Morgan fingerprint density at radius 3 is 2.67 bits per heavy atom. The normalized spacial score (nSPS) is 14.5. The molecule has 0 aliphatic heterocycles. The van der Waals surface area contributed by atoms with E-state index in [1.807, 2.05) is 20.0 Å². The molecule has 4 heteroatoms. The van der Waals surface area contributed by atoms with Crippen LogP contribution in [0.25, 0.3) is 0 Å². The highest BCUT2D eigenvalue weighted by atomic mass is 19.1. The van der Waals surface area contributed by atoms with Gasteiger partial charge in [0.25, 0.3) is 0 Å². The fraction of sp³-hybridized carbons (Fsp3) is 0.357. The molecule has 2 rings (SSSR count). The summed E-state index contributed by atoms with van der Waals surface area (Å²) in [4.78, 5) is 0. The van der Waals surface area contributed by atoms with Crippen molar-refractivity contribution in [3.05, 3.63) is 53.1 Å². The summed E-state index contributed by atoms with van der Waals surface area (Å²) in [5.41, 5.74) is 1.29. The molecule has 2 aromatic rings. The number of hydrogen-bond acceptors (Lipinski definition) is 2. The van der Waals surface area contributed by atoms with Gasteiger partial charge in [-0.25, -0.2) is 4.39 Å². The van der Waals surface area contributed by atoms with Crippen molar-refractivity contribution in [1.29, 1.82) is 0 Å². The molecule has 0 aliphatic carbocycles. The summed E-state index contributed by atoms with van der Waals surface area (Å²) < 4.78 is 14.9. The molecule has 0 radical (unpaired) electrons. The van der Waals surface area contributed by atoms with Crippen molar-refractivity contribution in [3.63, 3.8) is 0 Å². The summed E-state index contributed by atoms with van der Waals surface area (Å²) in [7, 11) is 1.84. The number of hydrogen-bond donors (Lipinski definition) is 1. The zero-order valence-corrected chi connectivity index (χ0v) is 10.8. The van der Waals surface area contributed by atoms with Crippen LogP contribution in [0.3, 0.4) is 0 Å². The SMILES string of the molecule is Cc1cc(CC(C)(O)c2cccc(F)c2)n(C)n1. The Kier molecular flexibility index (Phi) is 3.22. The lowest BCUT2D eigenvalue weighted by Crippen LogP contribution is -2.25. The molecule has 0 spiro atoms. The molecule has 1 aromatic heterocycles. The molecule has 1 N–H and O–H groups in total. The Hall–Kier alpha value is -1.68. The fourth-order valence-corrected chi connectivity index (χ4v) is 2.11. The average molecular weight is 248 g/mol. The predicted molar refractivity (Wildman–Crippen MR) is 67.6 cm³/mol. The second kappa shape index (κ2) is 4.53. The maximum atomic E-state index is 13.2. The molecule has 3 nitrogen and oxygen atoms in total. The summed E-state index contributed by atoms with van der Waals surface area (Å²) in [6.07, 6.45) is 0.397. The van der Waals surface area contributed by atoms with Crippen molar-refractivity contribution < 1.29 is 9.50 Å². The summed E-state index contributed by atoms with van der Waals surface area (Å²) in [6, 6.07) is 7.99. The van der Waals surface area contributed by atoms with E-state index in [4.69, 9.17) is 0 Å². The van der Waals surface area contributed by atoms with Crippen molar-refractivity contribution in [3.8, 4) is 0 Å². The Morgan fingerprint density at radius 2 is 2.11 bits per heavy atom. The Bertz CT molecular complexity index is 561. The molecule has 96 valence electrons. The van der Waals surface area contributed by atoms with E-state index in [-0.39, 0.29) is 5.82 Å². The number of aryl methyl sites for hydroxylation is 2. The van der Waals surface area contributed by atoms with Gasteiger partial charge >= 0.3 is 0 Å². The topological polar surface area (TPSA) is 38.0 Å². The van der Waals surface area contributed by atoms with Crippen LogP contribution >= 0.6 is 0 Å². The van der Waals surface area contributed by atoms with Gasteiger partial charge in [0.05, 0.1) is 11.3 Å². The van der Waals surface area contributed by atoms with E-state index in [1.54, 1.807) is 23.7 Å². The maximum absolute atomic E-state index is 13.2. The van der Waals surface area contributed by atoms with Crippen molar-refractivity contribution in [2.75, 3.05) is 0 Å². The molecule has 1 unspecified atom stereocenters. The largest absolute Gasteiger partial charge is 0.385 e. The highest BCUT2D eigenvalue weighted by molar-refractivity contribution is 5.25. The standard InChI is InChI=1S/C14H17FN2O/c1-10-7-13(17(3)16-10)9-14(2,18)11-5-4-6-12(15)8-11/h4-8,18H,9H2,1-3H3. The summed E-state index contributed by atoms with van der Waals surface area (Å²) >= 11 is 0. The van der Waals surface area contributed by atoms with Gasteiger partial charge in [-0.2, -0.15) is 5.10 Å². The third kappa shape index (κ3) is 2.59. The van der Waals surface area contributed by atoms with E-state index in [9.17, 15) is 9.50 Å². The van der Waals surface area contributed by atoms with Crippen molar-refractivity contribution >= 4 is 0 Å². The number of nitrogens with zero attached hydrogens (tertiary/aromatic N) is 2. The second-order valence-electron chi connectivity index (χ2n) is 4.86. The van der Waals surface area contributed by atoms with E-state index >= 15 is 0 Å². The lowest BCUT2D eigenvalue weighted by atomic mass is 9.91. The highest BCUT2D eigenvalue weighted by Gasteiger charge is 2.25. The number of benzene rings is 1. The van der Waals surface area contributed by atoms with Crippen LogP contribution in [-0.4, -0.2) is 14.9 Å². The van der Waals surface area contributed by atoms with Gasteiger partial charge in [0.1, 0.15) is 5.82 Å². The summed E-state index contributed by atoms with van der Waals surface area (Å²) in [5, 5.41) is 14.7. The zero-order valence-electron chi connectivity index (χ0n) is 10.8. The summed E-state index contributed by atoms with van der Waals surface area (Å²) in [5.74, 6) is -0.339. The highest BCUT2D eigenvalue weighted by Crippen LogP contribution is 2.25. The molecule has 1 aromatic carbocycles. The third-order valence-electron chi connectivity index (χ3n) is 3.07. The van der Waals surface area contributed by atoms with Crippen LogP contribution in [0.15, 0.2) is 30.3 Å². The molecule has 0 amide bonds. The molecule has 1 heterocycles. The van der Waals surface area contributed by atoms with Crippen molar-refractivity contribution in [2.45, 2.75) is 25.9 Å². The van der Waals surface area contributed by atoms with Crippen LogP contribution in [0.2, 0.25) is 0 Å². The molecule has 0 fully saturated rings. The second-order valence-corrected chi connectivity index (χ2v) is 4.86. The first-order valence-electron chi connectivity index (χ1n) is 5.86. The minimum atomic E-state index is -1.11. The lowest BCUT2D eigenvalue weighted by Gasteiger charge is -2.23. The van der Waals surface area contributed by atoms with Crippen LogP contribution in [0, 0.1) is 12.7 Å². The lowest BCUT2D eigenvalue weighted by molar-refractivity contribution is 0.0553. The molecule has 0 bridgehead atoms. The Balaban J connectivity index is 2.29. The molecular formula is C14H17FN2O. The monoisotopic (exact) mass is 248 g/mol. The average Bonchev–Trinajstić information content (AvgIpc) is 2.56. The van der Waals surface area contributed by atoms with Gasteiger partial charge in [-0.05, 0) is 37.6 Å². The van der Waals surface area contributed by atoms with Crippen LogP contribution in [0.1, 0.15) is 23.9 Å². The van der Waals surface area contributed by atoms with Gasteiger partial charge in [0.2, 0.25) is 0 Å². The van der Waals surface area contributed by atoms with Gasteiger partial charge in [-0.3, -0.25) is 4.68 Å². The molecule has 18 heavy (non-hydrogen) atoms. The van der Waals surface area contributed by atoms with Crippen LogP contribution in [-0.2, 0) is 19.1 Å². The number of aromatic nitrogens is 2. The van der Waals surface area contributed by atoms with Gasteiger partial charge in [0.15, 0.2) is 0 Å². The van der Waals surface area contributed by atoms with Gasteiger partial charge in [0, 0.05) is 19.2 Å². The number of halogens is 1. The number of rotatable bonds is 3. The first kappa shape index (κ1) is 12.8. The maximum Gasteiger partial charge on any atom is 0.123 e. The minimum absolute atomic E-state index is 0.339. The van der Waals surface area contributed by atoms with E-state index in [1.165, 1.54) is 12.1 Å². The number of aliphatic hydroxyl groups is 1. The molecule has 0 saturated carbocycles. The summed E-state index contributed by atoms with van der Waals surface area (Å²) in [6.45, 7) is 3.59. The molecular weight excluding hydrogens is 231 g/mol. The zero-order chi connectivity index (χ0) is 13.3. The van der Waals surface area contributed by atoms with Crippen LogP contribution in [0.4, 0.5) is 4.39 Å². The Labute approximate surface area is 106 Å². The van der Waals surface area contributed by atoms with Gasteiger partial charge in [-0.1, -0.05) is 12.1 Å². The predicted octanol–water partition coefficient (Wildman–Crippen LogP) is 2.32. The molecule has 0 saturated heterocycles. The Morgan fingerprint density at radius 1 is 1.39 bits per heavy atom. The van der Waals surface area contributed by atoms with Crippen molar-refractivity contribution in [2.24, 2.45) is 7.05 Å². The van der Waals surface area contributed by atoms with Gasteiger partial charge < -0.3 is 5.11 Å². The first-order valence-corrected chi connectivity index (χ1v) is 5.86. The third-order valence-corrected chi connectivity index (χ3v) is 3.07. The van der Waals surface area contributed by atoms with Gasteiger partial charge in [-0.15, -0.1) is 0 Å². The first-order chi connectivity index (χ1) is 8.38. The molecule has 1 atom stereocenters. The van der Waals surface area contributed by atoms with E-state index in [0.29, 0.717) is 12.0 Å². The van der Waals surface area contributed by atoms with Crippen LogP contribution in [0.5, 0.6) is 0 Å². The van der Waals surface area contributed by atoms with E-state index in [0.717, 1.165) is 11.4 Å². The quantitative estimate of drug-likeness (QED) is 0.905. The minimum Gasteiger partial charge on any atom is -0.385 e. The van der Waals surface area contributed by atoms with Crippen molar-refractivity contribution in [1.82, 2.24) is 9.78 Å². The van der Waals surface area contributed by atoms with Crippen LogP contribution < -0.4 is 0 Å². The fourth-order valence-electron chi connectivity index (χ4n) is 2.11. The van der Waals surface area contributed by atoms with E-state index < -0.39 is 5.60 Å².